The monoisotopic (exact) mass is 307 g/mol. The first-order chi connectivity index (χ1) is 10.2. The first-order valence-corrected chi connectivity index (χ1v) is 8.58. The van der Waals surface area contributed by atoms with Crippen LogP contribution in [0.5, 0.6) is 0 Å². The van der Waals surface area contributed by atoms with Crippen LogP contribution in [0.1, 0.15) is 56.8 Å². The van der Waals surface area contributed by atoms with Gasteiger partial charge in [-0.2, -0.15) is 0 Å². The second kappa shape index (κ2) is 6.22. The highest BCUT2D eigenvalue weighted by atomic mass is 32.2. The molecule has 114 valence electrons. The van der Waals surface area contributed by atoms with Crippen molar-refractivity contribution in [1.29, 1.82) is 0 Å². The van der Waals surface area contributed by atoms with Gasteiger partial charge in [0.2, 0.25) is 0 Å². The molecule has 2 fully saturated rings. The Kier molecular flexibility index (Phi) is 4.33. The molecule has 0 N–H and O–H groups in total. The summed E-state index contributed by atoms with van der Waals surface area (Å²) < 4.78 is 7.11. The maximum Gasteiger partial charge on any atom is 0.333 e. The Bertz CT molecular complexity index is 559. The Labute approximate surface area is 129 Å². The first-order valence-electron chi connectivity index (χ1n) is 7.59. The van der Waals surface area contributed by atoms with Gasteiger partial charge in [-0.3, -0.25) is 0 Å². The molecule has 0 aromatic carbocycles. The molecule has 2 aliphatic carbocycles. The maximum absolute atomic E-state index is 11.5. The van der Waals surface area contributed by atoms with Crippen LogP contribution >= 0.6 is 11.8 Å². The van der Waals surface area contributed by atoms with Gasteiger partial charge in [0.05, 0.1) is 7.11 Å². The van der Waals surface area contributed by atoms with Crippen molar-refractivity contribution in [3.8, 4) is 0 Å². The van der Waals surface area contributed by atoms with Crippen molar-refractivity contribution in [3.63, 3.8) is 0 Å². The van der Waals surface area contributed by atoms with Crippen LogP contribution in [0, 0.1) is 0 Å². The van der Waals surface area contributed by atoms with E-state index < -0.39 is 0 Å². The zero-order chi connectivity index (χ0) is 14.8. The van der Waals surface area contributed by atoms with Crippen LogP contribution in [-0.2, 0) is 9.53 Å². The Morgan fingerprint density at radius 2 is 2.14 bits per heavy atom. The number of esters is 1. The zero-order valence-electron chi connectivity index (χ0n) is 12.5. The molecule has 3 rings (SSSR count). The molecule has 0 amide bonds. The van der Waals surface area contributed by atoms with Gasteiger partial charge in [-0.25, -0.2) is 4.79 Å². The van der Waals surface area contributed by atoms with Gasteiger partial charge < -0.3 is 9.30 Å². The van der Waals surface area contributed by atoms with Crippen molar-refractivity contribution in [3.05, 3.63) is 17.5 Å². The van der Waals surface area contributed by atoms with Crippen molar-refractivity contribution < 1.29 is 9.53 Å². The molecule has 5 nitrogen and oxygen atoms in total. The Morgan fingerprint density at radius 1 is 1.38 bits per heavy atom. The van der Waals surface area contributed by atoms with E-state index in [1.54, 1.807) is 11.8 Å². The molecule has 2 aliphatic rings. The number of thioether (sulfide) groups is 1. The lowest BCUT2D eigenvalue weighted by molar-refractivity contribution is -0.136. The fraction of sp³-hybridized carbons (Fsp3) is 0.667. The summed E-state index contributed by atoms with van der Waals surface area (Å²) in [5.74, 6) is 2.30. The largest absolute Gasteiger partial charge is 0.466 e. The summed E-state index contributed by atoms with van der Waals surface area (Å²) in [7, 11) is 1.42. The van der Waals surface area contributed by atoms with E-state index in [0.29, 0.717) is 18.4 Å². The van der Waals surface area contributed by atoms with Crippen molar-refractivity contribution in [2.45, 2.75) is 56.1 Å². The lowest BCUT2D eigenvalue weighted by atomic mass is 10.2. The molecule has 21 heavy (non-hydrogen) atoms. The van der Waals surface area contributed by atoms with Gasteiger partial charge in [0.1, 0.15) is 5.82 Å². The average molecular weight is 307 g/mol. The van der Waals surface area contributed by atoms with E-state index in [1.165, 1.54) is 38.6 Å². The van der Waals surface area contributed by atoms with Crippen LogP contribution in [0.3, 0.4) is 0 Å². The predicted octanol–water partition coefficient (Wildman–Crippen LogP) is 3.09. The summed E-state index contributed by atoms with van der Waals surface area (Å²) in [5.41, 5.74) is 0.727. The first kappa shape index (κ1) is 14.6. The minimum atomic E-state index is -0.236. The van der Waals surface area contributed by atoms with E-state index in [1.807, 2.05) is 13.0 Å². The lowest BCUT2D eigenvalue weighted by Crippen LogP contribution is -2.04. The van der Waals surface area contributed by atoms with E-state index in [2.05, 4.69) is 14.8 Å². The molecule has 0 aliphatic heterocycles. The molecule has 0 saturated heterocycles. The maximum atomic E-state index is 11.5. The number of nitrogens with zero attached hydrogens (tertiary/aromatic N) is 3. The summed E-state index contributed by atoms with van der Waals surface area (Å²) in [6, 6.07) is 0.605. The number of carbonyl (C=O) groups is 1. The van der Waals surface area contributed by atoms with Crippen molar-refractivity contribution in [2.24, 2.45) is 0 Å². The van der Waals surface area contributed by atoms with Gasteiger partial charge in [-0.1, -0.05) is 24.8 Å². The highest BCUT2D eigenvalue weighted by molar-refractivity contribution is 7.99. The second-order valence-electron chi connectivity index (χ2n) is 5.60. The molecule has 0 radical (unpaired) electrons. The van der Waals surface area contributed by atoms with Gasteiger partial charge in [0.15, 0.2) is 5.16 Å². The van der Waals surface area contributed by atoms with E-state index in [0.717, 1.165) is 16.5 Å². The highest BCUT2D eigenvalue weighted by Crippen LogP contribution is 2.45. The Morgan fingerprint density at radius 3 is 2.71 bits per heavy atom. The molecule has 0 atom stereocenters. The number of hydrogen-bond donors (Lipinski definition) is 0. The van der Waals surface area contributed by atoms with E-state index in [-0.39, 0.29) is 5.97 Å². The van der Waals surface area contributed by atoms with E-state index in [9.17, 15) is 4.79 Å². The van der Waals surface area contributed by atoms with E-state index in [4.69, 9.17) is 4.74 Å². The van der Waals surface area contributed by atoms with Gasteiger partial charge >= 0.3 is 5.97 Å². The fourth-order valence-corrected chi connectivity index (χ4v) is 3.32. The number of aromatic nitrogens is 3. The quantitative estimate of drug-likeness (QED) is 0.440. The van der Waals surface area contributed by atoms with Crippen molar-refractivity contribution in [2.75, 3.05) is 12.9 Å². The SMILES string of the molecule is CCC(=CCSc1nnc(C2CC2)n1C1CC1)C(=O)OC. The topological polar surface area (TPSA) is 57.0 Å². The summed E-state index contributed by atoms with van der Waals surface area (Å²) in [4.78, 5) is 11.5. The Hall–Kier alpha value is -1.30. The molecular formula is C15H21N3O2S. The minimum Gasteiger partial charge on any atom is -0.466 e. The minimum absolute atomic E-state index is 0.236. The smallest absolute Gasteiger partial charge is 0.333 e. The van der Waals surface area contributed by atoms with Crippen molar-refractivity contribution >= 4 is 17.7 Å². The third-order valence-electron chi connectivity index (χ3n) is 3.92. The van der Waals surface area contributed by atoms with Gasteiger partial charge in [0.25, 0.3) is 0 Å². The lowest BCUT2D eigenvalue weighted by Gasteiger charge is -2.07. The molecule has 0 spiro atoms. The van der Waals surface area contributed by atoms with Crippen LogP contribution in [0.25, 0.3) is 0 Å². The van der Waals surface area contributed by atoms with Gasteiger partial charge in [0, 0.05) is 23.3 Å². The zero-order valence-corrected chi connectivity index (χ0v) is 13.4. The normalized spacial score (nSPS) is 18.9. The molecule has 1 heterocycles. The van der Waals surface area contributed by atoms with Crippen molar-refractivity contribution in [1.82, 2.24) is 14.8 Å². The molecule has 2 saturated carbocycles. The Balaban J connectivity index is 1.68. The van der Waals surface area contributed by atoms with Crippen LogP contribution < -0.4 is 0 Å². The van der Waals surface area contributed by atoms with Crippen LogP contribution in [-0.4, -0.2) is 33.6 Å². The number of ether oxygens (including phenoxy) is 1. The number of rotatable bonds is 7. The molecule has 0 bridgehead atoms. The summed E-state index contributed by atoms with van der Waals surface area (Å²) in [5, 5.41) is 9.74. The van der Waals surface area contributed by atoms with Gasteiger partial charge in [-0.05, 0) is 32.1 Å². The number of hydrogen-bond acceptors (Lipinski definition) is 5. The molecule has 0 unspecified atom stereocenters. The van der Waals surface area contributed by atoms with Gasteiger partial charge in [-0.15, -0.1) is 10.2 Å². The number of carbonyl (C=O) groups excluding carboxylic acids is 1. The standard InChI is InChI=1S/C15H21N3O2S/c1-3-10(14(19)20-2)8-9-21-15-17-16-13(11-4-5-11)18(15)12-6-7-12/h8,11-12H,3-7,9H2,1-2H3. The molecular weight excluding hydrogens is 286 g/mol. The third-order valence-corrected chi connectivity index (χ3v) is 4.79. The van der Waals surface area contributed by atoms with Crippen LogP contribution in [0.2, 0.25) is 0 Å². The predicted molar refractivity (Wildman–Crippen MR) is 81.4 cm³/mol. The highest BCUT2D eigenvalue weighted by Gasteiger charge is 2.36. The average Bonchev–Trinajstić information content (AvgIpc) is 3.41. The van der Waals surface area contributed by atoms with Crippen LogP contribution in [0.15, 0.2) is 16.8 Å². The summed E-state index contributed by atoms with van der Waals surface area (Å²) in [6.45, 7) is 1.96. The van der Waals surface area contributed by atoms with Crippen LogP contribution in [0.4, 0.5) is 0 Å². The number of methoxy groups -OCH3 is 1. The van der Waals surface area contributed by atoms with E-state index >= 15 is 0 Å². The molecule has 1 aromatic heterocycles. The molecule has 1 aromatic rings. The second-order valence-corrected chi connectivity index (χ2v) is 6.59. The molecule has 6 heteroatoms. The summed E-state index contributed by atoms with van der Waals surface area (Å²) >= 11 is 1.66. The summed E-state index contributed by atoms with van der Waals surface area (Å²) in [6.07, 6.45) is 7.61. The third kappa shape index (κ3) is 3.31. The fourth-order valence-electron chi connectivity index (χ4n) is 2.40.